The molecule has 1 saturated heterocycles. The summed E-state index contributed by atoms with van der Waals surface area (Å²) in [5.74, 6) is 2.03. The lowest BCUT2D eigenvalue weighted by atomic mass is 9.84. The lowest BCUT2D eigenvalue weighted by Crippen LogP contribution is -2.43. The minimum Gasteiger partial charge on any atom is -0.393 e. The molecule has 0 radical (unpaired) electrons. The van der Waals surface area contributed by atoms with Gasteiger partial charge in [0.05, 0.1) is 6.10 Å². The molecule has 2 aliphatic rings. The van der Waals surface area contributed by atoms with Crippen molar-refractivity contribution < 1.29 is 5.11 Å². The molecular weight excluding hydrogens is 260 g/mol. The third-order valence-electron chi connectivity index (χ3n) is 5.46. The van der Waals surface area contributed by atoms with Crippen molar-refractivity contribution in [1.82, 2.24) is 10.2 Å². The zero-order chi connectivity index (χ0) is 15.5. The fourth-order valence-corrected chi connectivity index (χ4v) is 4.49. The number of aliphatic hydroxyl groups is 1. The molecule has 21 heavy (non-hydrogen) atoms. The van der Waals surface area contributed by atoms with Crippen molar-refractivity contribution in [2.24, 2.45) is 23.2 Å². The average molecular weight is 296 g/mol. The van der Waals surface area contributed by atoms with Crippen molar-refractivity contribution in [2.75, 3.05) is 32.7 Å². The van der Waals surface area contributed by atoms with Gasteiger partial charge in [0.15, 0.2) is 0 Å². The van der Waals surface area contributed by atoms with Gasteiger partial charge in [0, 0.05) is 32.1 Å². The average Bonchev–Trinajstić information content (AvgIpc) is 2.91. The number of rotatable bonds is 8. The molecule has 0 amide bonds. The first-order valence-corrected chi connectivity index (χ1v) is 9.04. The molecule has 1 saturated carbocycles. The molecule has 2 rings (SSSR count). The largest absolute Gasteiger partial charge is 0.393 e. The van der Waals surface area contributed by atoms with Gasteiger partial charge in [-0.3, -0.25) is 0 Å². The molecule has 0 spiro atoms. The first-order valence-electron chi connectivity index (χ1n) is 9.04. The van der Waals surface area contributed by atoms with E-state index in [1.54, 1.807) is 0 Å². The van der Waals surface area contributed by atoms with Crippen LogP contribution in [0.5, 0.6) is 0 Å². The summed E-state index contributed by atoms with van der Waals surface area (Å²) < 4.78 is 0. The van der Waals surface area contributed by atoms with E-state index < -0.39 is 0 Å². The number of likely N-dealkylation sites (tertiary alicyclic amines) is 1. The Kier molecular flexibility index (Phi) is 6.10. The summed E-state index contributed by atoms with van der Waals surface area (Å²) in [4.78, 5) is 2.63. The van der Waals surface area contributed by atoms with Crippen LogP contribution in [0.15, 0.2) is 0 Å². The lowest BCUT2D eigenvalue weighted by molar-refractivity contribution is 0.112. The summed E-state index contributed by atoms with van der Waals surface area (Å²) in [6.07, 6.45) is 4.77. The Morgan fingerprint density at radius 3 is 2.67 bits per heavy atom. The van der Waals surface area contributed by atoms with Crippen molar-refractivity contribution in [3.8, 4) is 0 Å². The Morgan fingerprint density at radius 1 is 1.29 bits per heavy atom. The van der Waals surface area contributed by atoms with E-state index in [4.69, 9.17) is 0 Å². The summed E-state index contributed by atoms with van der Waals surface area (Å²) >= 11 is 0. The van der Waals surface area contributed by atoms with E-state index in [0.29, 0.717) is 11.3 Å². The minimum absolute atomic E-state index is 0.0310. The highest BCUT2D eigenvalue weighted by molar-refractivity contribution is 4.95. The quantitative estimate of drug-likeness (QED) is 0.723. The second-order valence-electron chi connectivity index (χ2n) is 8.35. The van der Waals surface area contributed by atoms with Gasteiger partial charge in [0.25, 0.3) is 0 Å². The normalized spacial score (nSPS) is 32.6. The van der Waals surface area contributed by atoms with Crippen LogP contribution in [0.4, 0.5) is 0 Å². The third kappa shape index (κ3) is 4.67. The van der Waals surface area contributed by atoms with Crippen LogP contribution in [0.25, 0.3) is 0 Å². The maximum Gasteiger partial charge on any atom is 0.0583 e. The van der Waals surface area contributed by atoms with E-state index in [1.807, 2.05) is 0 Å². The predicted octanol–water partition coefficient (Wildman–Crippen LogP) is 2.74. The van der Waals surface area contributed by atoms with Crippen LogP contribution in [0.1, 0.15) is 53.4 Å². The van der Waals surface area contributed by atoms with Gasteiger partial charge >= 0.3 is 0 Å². The van der Waals surface area contributed by atoms with Crippen LogP contribution >= 0.6 is 0 Å². The highest BCUT2D eigenvalue weighted by Gasteiger charge is 2.43. The number of nitrogens with one attached hydrogen (secondary N) is 1. The second kappa shape index (κ2) is 7.43. The molecule has 4 unspecified atom stereocenters. The van der Waals surface area contributed by atoms with Crippen molar-refractivity contribution in [2.45, 2.75) is 59.5 Å². The third-order valence-corrected chi connectivity index (χ3v) is 5.46. The first kappa shape index (κ1) is 17.2. The zero-order valence-electron chi connectivity index (χ0n) is 14.6. The van der Waals surface area contributed by atoms with Crippen molar-refractivity contribution in [3.63, 3.8) is 0 Å². The molecular formula is C18H36N2O. The summed E-state index contributed by atoms with van der Waals surface area (Å²) in [5.41, 5.74) is 0.368. The number of fused-ring (bicyclic) bond motifs is 1. The standard InChI is InChI=1S/C18H36N2O/c1-5-8-18(4,12-19-9-14(2)3)13-20-10-15-6-7-17(21)16(15)11-20/h14-17,19,21H,5-13H2,1-4H3. The molecule has 0 aromatic carbocycles. The second-order valence-corrected chi connectivity index (χ2v) is 8.35. The summed E-state index contributed by atoms with van der Waals surface area (Å²) in [7, 11) is 0. The monoisotopic (exact) mass is 296 g/mol. The Hall–Kier alpha value is -0.120. The smallest absolute Gasteiger partial charge is 0.0583 e. The number of hydrogen-bond acceptors (Lipinski definition) is 3. The zero-order valence-corrected chi connectivity index (χ0v) is 14.6. The fraction of sp³-hybridized carbons (Fsp3) is 1.00. The van der Waals surface area contributed by atoms with E-state index in [9.17, 15) is 5.11 Å². The van der Waals surface area contributed by atoms with Crippen LogP contribution in [0.3, 0.4) is 0 Å². The van der Waals surface area contributed by atoms with E-state index in [-0.39, 0.29) is 6.10 Å². The van der Waals surface area contributed by atoms with E-state index in [0.717, 1.165) is 37.9 Å². The van der Waals surface area contributed by atoms with Crippen LogP contribution in [0, 0.1) is 23.2 Å². The Morgan fingerprint density at radius 2 is 2.05 bits per heavy atom. The molecule has 0 bridgehead atoms. The molecule has 4 atom stereocenters. The van der Waals surface area contributed by atoms with Crippen molar-refractivity contribution >= 4 is 0 Å². The molecule has 3 nitrogen and oxygen atoms in total. The Labute approximate surface area is 131 Å². The van der Waals surface area contributed by atoms with Gasteiger partial charge in [-0.1, -0.05) is 34.1 Å². The topological polar surface area (TPSA) is 35.5 Å². The van der Waals surface area contributed by atoms with Crippen molar-refractivity contribution in [3.05, 3.63) is 0 Å². The highest BCUT2D eigenvalue weighted by atomic mass is 16.3. The maximum atomic E-state index is 10.1. The Balaban J connectivity index is 1.84. The fourth-order valence-electron chi connectivity index (χ4n) is 4.49. The maximum absolute atomic E-state index is 10.1. The minimum atomic E-state index is -0.0310. The predicted molar refractivity (Wildman–Crippen MR) is 89.4 cm³/mol. The van der Waals surface area contributed by atoms with Crippen LogP contribution in [-0.4, -0.2) is 48.8 Å². The van der Waals surface area contributed by atoms with Crippen LogP contribution in [0.2, 0.25) is 0 Å². The lowest BCUT2D eigenvalue weighted by Gasteiger charge is -2.35. The van der Waals surface area contributed by atoms with Crippen LogP contribution in [-0.2, 0) is 0 Å². The molecule has 1 heterocycles. The molecule has 1 aliphatic carbocycles. The van der Waals surface area contributed by atoms with Gasteiger partial charge in [-0.25, -0.2) is 0 Å². The van der Waals surface area contributed by atoms with E-state index in [1.165, 1.54) is 32.4 Å². The number of aliphatic hydroxyl groups excluding tert-OH is 1. The van der Waals surface area contributed by atoms with Gasteiger partial charge in [-0.15, -0.1) is 0 Å². The molecule has 0 aromatic heterocycles. The molecule has 124 valence electrons. The first-order chi connectivity index (χ1) is 9.93. The van der Waals surface area contributed by atoms with Gasteiger partial charge in [0.1, 0.15) is 0 Å². The molecule has 0 aromatic rings. The molecule has 2 fully saturated rings. The van der Waals surface area contributed by atoms with E-state index in [2.05, 4.69) is 37.9 Å². The van der Waals surface area contributed by atoms with Gasteiger partial charge < -0.3 is 15.3 Å². The highest BCUT2D eigenvalue weighted by Crippen LogP contribution is 2.39. The van der Waals surface area contributed by atoms with Crippen LogP contribution < -0.4 is 5.32 Å². The van der Waals surface area contributed by atoms with E-state index >= 15 is 0 Å². The summed E-state index contributed by atoms with van der Waals surface area (Å²) in [5, 5.41) is 13.7. The summed E-state index contributed by atoms with van der Waals surface area (Å²) in [6, 6.07) is 0. The van der Waals surface area contributed by atoms with Gasteiger partial charge in [-0.05, 0) is 43.1 Å². The van der Waals surface area contributed by atoms with Crippen molar-refractivity contribution in [1.29, 1.82) is 0 Å². The molecule has 2 N–H and O–H groups in total. The number of nitrogens with zero attached hydrogens (tertiary/aromatic N) is 1. The molecule has 3 heteroatoms. The van der Waals surface area contributed by atoms with Gasteiger partial charge in [0.2, 0.25) is 0 Å². The number of hydrogen-bond donors (Lipinski definition) is 2. The molecule has 1 aliphatic heterocycles. The van der Waals surface area contributed by atoms with Gasteiger partial charge in [-0.2, -0.15) is 0 Å². The Bertz CT molecular complexity index is 320. The summed E-state index contributed by atoms with van der Waals surface area (Å²) in [6.45, 7) is 15.0. The SMILES string of the molecule is CCCC(C)(CNCC(C)C)CN1CC2CCC(O)C2C1.